The molecule has 0 saturated heterocycles. The summed E-state index contributed by atoms with van der Waals surface area (Å²) in [6.45, 7) is 7.85. The Balaban J connectivity index is 0.000000190. The summed E-state index contributed by atoms with van der Waals surface area (Å²) in [4.78, 5) is 29.7. The van der Waals surface area contributed by atoms with Crippen molar-refractivity contribution >= 4 is 17.5 Å². The van der Waals surface area contributed by atoms with E-state index in [9.17, 15) is 9.59 Å². The molecule has 0 aliphatic heterocycles. The van der Waals surface area contributed by atoms with Crippen LogP contribution in [0.1, 0.15) is 89.2 Å². The van der Waals surface area contributed by atoms with Gasteiger partial charge in [0.05, 0.1) is 19.6 Å². The Hall–Kier alpha value is -5.95. The number of benzene rings is 3. The molecule has 10 nitrogen and oxygen atoms in total. The Kier molecular flexibility index (Phi) is 13.5. The van der Waals surface area contributed by atoms with Crippen LogP contribution in [-0.4, -0.2) is 43.0 Å². The Bertz CT molecular complexity index is 2070. The zero-order chi connectivity index (χ0) is 39.4. The quantitative estimate of drug-likeness (QED) is 0.0976. The van der Waals surface area contributed by atoms with Crippen LogP contribution in [0, 0.1) is 37.0 Å². The van der Waals surface area contributed by atoms with Crippen LogP contribution >= 0.6 is 0 Å². The molecule has 5 aromatic rings. The monoisotopic (exact) mass is 757 g/mol. The van der Waals surface area contributed by atoms with Crippen LogP contribution in [0.25, 0.3) is 0 Å². The van der Waals surface area contributed by atoms with E-state index in [2.05, 4.69) is 19.1 Å². The highest BCUT2D eigenvalue weighted by Crippen LogP contribution is 2.38. The van der Waals surface area contributed by atoms with Crippen molar-refractivity contribution in [2.75, 3.05) is 25.1 Å². The molecule has 10 heteroatoms. The first kappa shape index (κ1) is 39.7. The van der Waals surface area contributed by atoms with Gasteiger partial charge in [-0.05, 0) is 131 Å². The molecule has 1 atom stereocenters. The van der Waals surface area contributed by atoms with E-state index in [1.807, 2.05) is 85.5 Å². The van der Waals surface area contributed by atoms with Crippen molar-refractivity contribution in [3.05, 3.63) is 131 Å². The van der Waals surface area contributed by atoms with Gasteiger partial charge in [-0.1, -0.05) is 42.3 Å². The molecule has 7 rings (SSSR count). The summed E-state index contributed by atoms with van der Waals surface area (Å²) >= 11 is 0. The van der Waals surface area contributed by atoms with Crippen molar-refractivity contribution < 1.29 is 32.6 Å². The average Bonchev–Trinajstić information content (AvgIpc) is 3.75. The molecule has 2 saturated carbocycles. The normalized spacial score (nSPS) is 14.0. The second-order valence-corrected chi connectivity index (χ2v) is 14.6. The lowest BCUT2D eigenvalue weighted by Crippen LogP contribution is -2.40. The van der Waals surface area contributed by atoms with Crippen LogP contribution < -0.4 is 19.1 Å². The van der Waals surface area contributed by atoms with Crippen LogP contribution in [0.15, 0.2) is 106 Å². The number of hydrogen-bond acceptors (Lipinski definition) is 8. The fourth-order valence-electron chi connectivity index (χ4n) is 6.71. The van der Waals surface area contributed by atoms with Crippen LogP contribution in [-0.2, 0) is 13.2 Å². The number of carbonyl (C=O) groups is 2. The van der Waals surface area contributed by atoms with Crippen molar-refractivity contribution in [3.8, 4) is 23.3 Å². The average molecular weight is 758 g/mol. The number of methoxy groups -OCH3 is 1. The highest BCUT2D eigenvalue weighted by molar-refractivity contribution is 6.04. The molecule has 0 bridgehead atoms. The maximum Gasteiger partial charge on any atom is 0.294 e. The van der Waals surface area contributed by atoms with Gasteiger partial charge < -0.3 is 32.8 Å². The van der Waals surface area contributed by atoms with Gasteiger partial charge >= 0.3 is 0 Å². The van der Waals surface area contributed by atoms with Crippen molar-refractivity contribution in [3.63, 3.8) is 0 Å². The minimum Gasteiger partial charge on any atom is -0.497 e. The number of carbonyl (C=O) groups excluding carboxylic acids is 2. The van der Waals surface area contributed by atoms with Crippen LogP contribution in [0.5, 0.6) is 17.2 Å². The predicted octanol–water partition coefficient (Wildman–Crippen LogP) is 9.94. The van der Waals surface area contributed by atoms with Gasteiger partial charge in [0.15, 0.2) is 11.5 Å². The van der Waals surface area contributed by atoms with E-state index in [0.717, 1.165) is 54.2 Å². The number of aryl methyl sites for hydroxylation is 2. The lowest BCUT2D eigenvalue weighted by molar-refractivity contribution is 0.0663. The smallest absolute Gasteiger partial charge is 0.294 e. The van der Waals surface area contributed by atoms with E-state index >= 15 is 0 Å². The summed E-state index contributed by atoms with van der Waals surface area (Å²) in [5.41, 5.74) is 3.10. The number of para-hydroxylation sites is 1. The summed E-state index contributed by atoms with van der Waals surface area (Å²) < 4.78 is 28.3. The standard InChI is InChI=1S/C24H25NO4.C22H26N2O3/c1-17(18-8-9-18)25(19-10-12-20(27-2)13-11-19)24(26)23-15-14-22(29-23)16-28-21-6-4-3-5-7-21;1-16-7-9-20(17(2)13-16)26-15-19-8-10-21(27-19)22(25)24(12-4-11-23)14-18-5-3-6-18/h3-7,10-15,17-18H,8-9,16H2,1-2H3;7-10,13,18H,3-6,12,14-15H2,1-2H3. The van der Waals surface area contributed by atoms with Crippen LogP contribution in [0.4, 0.5) is 5.69 Å². The van der Waals surface area contributed by atoms with E-state index in [1.54, 1.807) is 36.3 Å². The van der Waals surface area contributed by atoms with E-state index in [1.165, 1.54) is 12.0 Å². The molecule has 0 N–H and O–H groups in total. The largest absolute Gasteiger partial charge is 0.497 e. The third-order valence-corrected chi connectivity index (χ3v) is 10.3. The Morgan fingerprint density at radius 3 is 2.05 bits per heavy atom. The lowest BCUT2D eigenvalue weighted by Gasteiger charge is -2.31. The molecule has 292 valence electrons. The van der Waals surface area contributed by atoms with Crippen LogP contribution in [0.2, 0.25) is 0 Å². The molecular weight excluding hydrogens is 707 g/mol. The number of amides is 2. The maximum absolute atomic E-state index is 13.3. The molecule has 3 aromatic carbocycles. The Morgan fingerprint density at radius 2 is 1.46 bits per heavy atom. The van der Waals surface area contributed by atoms with E-state index in [4.69, 9.17) is 28.3 Å². The minimum atomic E-state index is -0.144. The van der Waals surface area contributed by atoms with Gasteiger partial charge in [0, 0.05) is 24.8 Å². The first-order chi connectivity index (χ1) is 27.2. The lowest BCUT2D eigenvalue weighted by atomic mass is 9.85. The fourth-order valence-corrected chi connectivity index (χ4v) is 6.71. The SMILES string of the molecule is COc1ccc(N(C(=O)c2ccc(COc3ccccc3)o2)C(C)C2CC2)cc1.Cc1ccc(OCc2ccc(C(=O)N(CCC#N)CC3CCC3)o2)c(C)c1. The topological polar surface area (TPSA) is 118 Å². The number of nitriles is 1. The van der Waals surface area contributed by atoms with Crippen molar-refractivity contribution in [1.82, 2.24) is 4.90 Å². The van der Waals surface area contributed by atoms with Gasteiger partial charge in [0.1, 0.15) is 42.0 Å². The molecule has 0 spiro atoms. The summed E-state index contributed by atoms with van der Waals surface area (Å²) in [6.07, 6.45) is 6.17. The molecular formula is C46H51N3O7. The maximum atomic E-state index is 13.3. The second-order valence-electron chi connectivity index (χ2n) is 14.6. The molecule has 1 unspecified atom stereocenters. The van der Waals surface area contributed by atoms with Gasteiger partial charge in [-0.3, -0.25) is 9.59 Å². The zero-order valence-electron chi connectivity index (χ0n) is 32.7. The minimum absolute atomic E-state index is 0.102. The molecule has 2 amide bonds. The number of rotatable bonds is 16. The molecule has 2 aliphatic rings. The first-order valence-corrected chi connectivity index (χ1v) is 19.4. The van der Waals surface area contributed by atoms with Gasteiger partial charge in [-0.2, -0.15) is 5.26 Å². The molecule has 2 aromatic heterocycles. The molecule has 0 radical (unpaired) electrons. The summed E-state index contributed by atoms with van der Waals surface area (Å²) in [5.74, 6) is 4.99. The van der Waals surface area contributed by atoms with Crippen molar-refractivity contribution in [2.24, 2.45) is 11.8 Å². The number of hydrogen-bond donors (Lipinski definition) is 0. The zero-order valence-corrected chi connectivity index (χ0v) is 32.7. The molecule has 2 aliphatic carbocycles. The highest BCUT2D eigenvalue weighted by atomic mass is 16.5. The second kappa shape index (κ2) is 19.1. The highest BCUT2D eigenvalue weighted by Gasteiger charge is 2.36. The molecule has 2 heterocycles. The van der Waals surface area contributed by atoms with E-state index in [0.29, 0.717) is 54.4 Å². The number of nitrogens with zero attached hydrogens (tertiary/aromatic N) is 3. The number of ether oxygens (including phenoxy) is 3. The Morgan fingerprint density at radius 1 is 0.804 bits per heavy atom. The van der Waals surface area contributed by atoms with E-state index in [-0.39, 0.29) is 31.1 Å². The predicted molar refractivity (Wildman–Crippen MR) is 214 cm³/mol. The van der Waals surface area contributed by atoms with Gasteiger partial charge in [-0.15, -0.1) is 0 Å². The molecule has 2 fully saturated rings. The fraction of sp³-hybridized carbons (Fsp3) is 0.370. The van der Waals surface area contributed by atoms with Crippen molar-refractivity contribution in [1.29, 1.82) is 5.26 Å². The number of furan rings is 2. The van der Waals surface area contributed by atoms with Gasteiger partial charge in [0.25, 0.3) is 11.8 Å². The molecule has 56 heavy (non-hydrogen) atoms. The van der Waals surface area contributed by atoms with Gasteiger partial charge in [-0.25, -0.2) is 0 Å². The summed E-state index contributed by atoms with van der Waals surface area (Å²) in [7, 11) is 1.63. The van der Waals surface area contributed by atoms with Crippen molar-refractivity contribution in [2.45, 2.75) is 78.6 Å². The first-order valence-electron chi connectivity index (χ1n) is 19.4. The Labute approximate surface area is 329 Å². The number of anilines is 1. The third kappa shape index (κ3) is 10.6. The van der Waals surface area contributed by atoms with Crippen LogP contribution in [0.3, 0.4) is 0 Å². The van der Waals surface area contributed by atoms with E-state index < -0.39 is 0 Å². The third-order valence-electron chi connectivity index (χ3n) is 10.3. The van der Waals surface area contributed by atoms with Gasteiger partial charge in [0.2, 0.25) is 0 Å². The summed E-state index contributed by atoms with van der Waals surface area (Å²) in [6, 6.07) is 32.4. The summed E-state index contributed by atoms with van der Waals surface area (Å²) in [5, 5.41) is 8.87.